The van der Waals surface area contributed by atoms with Gasteiger partial charge in [0.2, 0.25) is 0 Å². The number of ether oxygens (including phenoxy) is 2. The number of phosphoric ester groups is 2. The van der Waals surface area contributed by atoms with E-state index in [9.17, 15) is 14.2 Å². The molecule has 1 N–H and O–H groups in total. The fourth-order valence-corrected chi connectivity index (χ4v) is 5.64. The minimum absolute atomic E-state index is 0.0496. The third-order valence-corrected chi connectivity index (χ3v) is 8.35. The number of phenols is 1. The summed E-state index contributed by atoms with van der Waals surface area (Å²) in [5.41, 5.74) is 0. The van der Waals surface area contributed by atoms with E-state index in [1.165, 1.54) is 12.1 Å². The van der Waals surface area contributed by atoms with E-state index in [0.29, 0.717) is 31.4 Å². The fourth-order valence-electron chi connectivity index (χ4n) is 3.08. The molecule has 11 nitrogen and oxygen atoms in total. The molecule has 0 bridgehead atoms. The van der Waals surface area contributed by atoms with E-state index in [1.807, 2.05) is 41.5 Å². The first-order valence-electron chi connectivity index (χ1n) is 14.8. The SMILES string of the molecule is CCCCOP(=O)(OCCCC)OCC(COP(=O)(OCCCC)OCCCC)Oc1ccc(O)c(OC(C)C)c1. The Morgan fingerprint density at radius 2 is 1.07 bits per heavy atom. The average Bonchev–Trinajstić information content (AvgIpc) is 2.92. The van der Waals surface area contributed by atoms with E-state index in [0.717, 1.165) is 25.7 Å². The van der Waals surface area contributed by atoms with Crippen molar-refractivity contribution in [3.05, 3.63) is 18.2 Å². The Hall–Kier alpha value is -1.16. The van der Waals surface area contributed by atoms with E-state index in [2.05, 4.69) is 0 Å². The molecule has 0 heterocycles. The van der Waals surface area contributed by atoms with E-state index in [-0.39, 0.29) is 57.2 Å². The number of hydrogen-bond donors (Lipinski definition) is 1. The largest absolute Gasteiger partial charge is 0.504 e. The van der Waals surface area contributed by atoms with Crippen LogP contribution in [0.1, 0.15) is 92.9 Å². The summed E-state index contributed by atoms with van der Waals surface area (Å²) in [6.07, 6.45) is 5.03. The van der Waals surface area contributed by atoms with Gasteiger partial charge in [-0.25, -0.2) is 9.13 Å². The molecule has 0 spiro atoms. The summed E-state index contributed by atoms with van der Waals surface area (Å²) in [5, 5.41) is 10.2. The maximum absolute atomic E-state index is 13.4. The second kappa shape index (κ2) is 21.5. The zero-order chi connectivity index (χ0) is 30.6. The Kier molecular flexibility index (Phi) is 19.9. The highest BCUT2D eigenvalue weighted by molar-refractivity contribution is 7.48. The zero-order valence-corrected chi connectivity index (χ0v) is 27.5. The molecule has 0 saturated carbocycles. The number of phosphoric acid groups is 2. The molecule has 41 heavy (non-hydrogen) atoms. The lowest BCUT2D eigenvalue weighted by molar-refractivity contribution is 0.0303. The Morgan fingerprint density at radius 3 is 1.44 bits per heavy atom. The first kappa shape index (κ1) is 37.9. The van der Waals surface area contributed by atoms with Crippen LogP contribution in [0.3, 0.4) is 0 Å². The van der Waals surface area contributed by atoms with Crippen LogP contribution >= 0.6 is 15.6 Å². The summed E-state index contributed by atoms with van der Waals surface area (Å²) in [7, 11) is -7.83. The van der Waals surface area contributed by atoms with Crippen LogP contribution in [-0.2, 0) is 36.3 Å². The monoisotopic (exact) mass is 626 g/mol. The van der Waals surface area contributed by atoms with E-state index >= 15 is 0 Å². The summed E-state index contributed by atoms with van der Waals surface area (Å²) in [4.78, 5) is 0. The first-order chi connectivity index (χ1) is 19.6. The van der Waals surface area contributed by atoms with Crippen molar-refractivity contribution in [3.8, 4) is 17.2 Å². The molecule has 240 valence electrons. The van der Waals surface area contributed by atoms with Crippen molar-refractivity contribution in [2.75, 3.05) is 39.6 Å². The third kappa shape index (κ3) is 16.9. The molecule has 0 aromatic heterocycles. The Bertz CT molecular complexity index is 843. The van der Waals surface area contributed by atoms with Gasteiger partial charge in [0.1, 0.15) is 11.9 Å². The van der Waals surface area contributed by atoms with Gasteiger partial charge in [-0.1, -0.05) is 53.4 Å². The fraction of sp³-hybridized carbons (Fsp3) is 0.786. The van der Waals surface area contributed by atoms with Crippen LogP contribution in [0.4, 0.5) is 0 Å². The molecule has 0 amide bonds. The number of benzene rings is 1. The van der Waals surface area contributed by atoms with Gasteiger partial charge in [-0.05, 0) is 51.7 Å². The molecule has 1 aromatic rings. The van der Waals surface area contributed by atoms with Gasteiger partial charge < -0.3 is 14.6 Å². The summed E-state index contributed by atoms with van der Waals surface area (Å²) in [6, 6.07) is 4.50. The molecule has 0 aliphatic heterocycles. The molecular formula is C28H52O11P2. The summed E-state index contributed by atoms with van der Waals surface area (Å²) < 4.78 is 72.0. The van der Waals surface area contributed by atoms with Crippen molar-refractivity contribution in [2.24, 2.45) is 0 Å². The van der Waals surface area contributed by atoms with Crippen LogP contribution in [-0.4, -0.2) is 57.0 Å². The van der Waals surface area contributed by atoms with Crippen LogP contribution in [0, 0.1) is 0 Å². The summed E-state index contributed by atoms with van der Waals surface area (Å²) in [6.45, 7) is 11.9. The smallest absolute Gasteiger partial charge is 0.474 e. The molecule has 1 rings (SSSR count). The quantitative estimate of drug-likeness (QED) is 0.0785. The molecule has 0 aliphatic rings. The van der Waals surface area contributed by atoms with Crippen LogP contribution in [0.25, 0.3) is 0 Å². The summed E-state index contributed by atoms with van der Waals surface area (Å²) >= 11 is 0. The molecule has 0 aliphatic carbocycles. The number of aromatic hydroxyl groups is 1. The first-order valence-corrected chi connectivity index (χ1v) is 17.8. The van der Waals surface area contributed by atoms with Gasteiger partial charge in [0, 0.05) is 6.07 Å². The van der Waals surface area contributed by atoms with Crippen molar-refractivity contribution in [1.82, 2.24) is 0 Å². The summed E-state index contributed by atoms with van der Waals surface area (Å²) in [5.74, 6) is 0.496. The van der Waals surface area contributed by atoms with Crippen LogP contribution in [0.5, 0.6) is 17.2 Å². The molecule has 0 fully saturated rings. The van der Waals surface area contributed by atoms with Crippen LogP contribution in [0.15, 0.2) is 18.2 Å². The number of hydrogen-bond acceptors (Lipinski definition) is 11. The minimum Gasteiger partial charge on any atom is -0.504 e. The lowest BCUT2D eigenvalue weighted by Gasteiger charge is -2.25. The van der Waals surface area contributed by atoms with Gasteiger partial charge in [-0.2, -0.15) is 0 Å². The van der Waals surface area contributed by atoms with Crippen molar-refractivity contribution >= 4 is 15.6 Å². The van der Waals surface area contributed by atoms with Crippen LogP contribution < -0.4 is 9.47 Å². The Morgan fingerprint density at radius 1 is 0.659 bits per heavy atom. The van der Waals surface area contributed by atoms with E-state index in [4.69, 9.17) is 36.6 Å². The maximum atomic E-state index is 13.4. The molecule has 0 saturated heterocycles. The zero-order valence-electron chi connectivity index (χ0n) is 25.7. The highest BCUT2D eigenvalue weighted by atomic mass is 31.2. The van der Waals surface area contributed by atoms with Gasteiger partial charge in [-0.15, -0.1) is 0 Å². The number of rotatable bonds is 26. The maximum Gasteiger partial charge on any atom is 0.474 e. The molecule has 0 radical (unpaired) electrons. The van der Waals surface area contributed by atoms with Gasteiger partial charge in [-0.3, -0.25) is 27.1 Å². The van der Waals surface area contributed by atoms with Crippen molar-refractivity contribution in [1.29, 1.82) is 0 Å². The molecule has 0 unspecified atom stereocenters. The van der Waals surface area contributed by atoms with Crippen LogP contribution in [0.2, 0.25) is 0 Å². The van der Waals surface area contributed by atoms with Crippen molar-refractivity contribution in [2.45, 2.75) is 105 Å². The second-order valence-electron chi connectivity index (χ2n) is 9.77. The lowest BCUT2D eigenvalue weighted by atomic mass is 10.3. The minimum atomic E-state index is -3.91. The highest BCUT2D eigenvalue weighted by Crippen LogP contribution is 2.51. The molecule has 1 aromatic carbocycles. The number of unbranched alkanes of at least 4 members (excludes halogenated alkanes) is 4. The number of phenolic OH excluding ortho intramolecular Hbond substituents is 1. The van der Waals surface area contributed by atoms with Gasteiger partial charge >= 0.3 is 15.6 Å². The molecule has 0 atom stereocenters. The second-order valence-corrected chi connectivity index (χ2v) is 13.1. The lowest BCUT2D eigenvalue weighted by Crippen LogP contribution is -2.28. The van der Waals surface area contributed by atoms with Gasteiger partial charge in [0.25, 0.3) is 0 Å². The molecule has 13 heteroatoms. The Labute approximate surface area is 246 Å². The van der Waals surface area contributed by atoms with E-state index < -0.39 is 21.7 Å². The van der Waals surface area contributed by atoms with E-state index in [1.54, 1.807) is 6.07 Å². The average molecular weight is 627 g/mol. The predicted octanol–water partition coefficient (Wildman–Crippen LogP) is 8.44. The van der Waals surface area contributed by atoms with Crippen molar-refractivity contribution in [3.63, 3.8) is 0 Å². The third-order valence-electron chi connectivity index (χ3n) is 5.42. The normalized spacial score (nSPS) is 12.4. The topological polar surface area (TPSA) is 128 Å². The highest BCUT2D eigenvalue weighted by Gasteiger charge is 2.32. The van der Waals surface area contributed by atoms with Gasteiger partial charge in [0.15, 0.2) is 11.5 Å². The molecular weight excluding hydrogens is 574 g/mol. The Balaban J connectivity index is 3.14. The van der Waals surface area contributed by atoms with Crippen molar-refractivity contribution < 1.29 is 50.9 Å². The predicted molar refractivity (Wildman–Crippen MR) is 159 cm³/mol. The standard InChI is InChI=1S/C28H52O11P2/c1-7-11-17-32-40(30,33-18-12-8-2)36-22-26(39-25-15-16-27(29)28(21-25)38-24(5)6)23-37-41(31,34-19-13-9-3)35-20-14-10-4/h15-16,21,24,26,29H,7-14,17-20,22-23H2,1-6H3. The van der Waals surface area contributed by atoms with Gasteiger partial charge in [0.05, 0.1) is 45.7 Å².